The number of nitrogens with two attached hydrogens (primary N) is 1. The van der Waals surface area contributed by atoms with E-state index >= 15 is 0 Å². The van der Waals surface area contributed by atoms with Crippen molar-refractivity contribution in [3.8, 4) is 28.2 Å². The van der Waals surface area contributed by atoms with Crippen molar-refractivity contribution >= 4 is 17.4 Å². The summed E-state index contributed by atoms with van der Waals surface area (Å²) in [7, 11) is 1.62. The fourth-order valence-corrected chi connectivity index (χ4v) is 2.36. The molecule has 0 radical (unpaired) electrons. The van der Waals surface area contributed by atoms with E-state index in [2.05, 4.69) is 5.16 Å². The highest BCUT2D eigenvalue weighted by atomic mass is 35.5. The number of nitrogen functional groups attached to an aromatic ring is 1. The van der Waals surface area contributed by atoms with Crippen molar-refractivity contribution in [3.05, 3.63) is 53.6 Å². The number of nitrogens with zero attached hydrogens (tertiary/aromatic N) is 1. The average Bonchev–Trinajstić information content (AvgIpc) is 2.89. The van der Waals surface area contributed by atoms with E-state index in [1.807, 2.05) is 48.5 Å². The zero-order valence-corrected chi connectivity index (χ0v) is 12.1. The summed E-state index contributed by atoms with van der Waals surface area (Å²) in [6, 6.07) is 14.9. The van der Waals surface area contributed by atoms with E-state index in [-0.39, 0.29) is 0 Å². The van der Waals surface area contributed by atoms with E-state index in [9.17, 15) is 0 Å². The van der Waals surface area contributed by atoms with Gasteiger partial charge in [0.05, 0.1) is 12.7 Å². The van der Waals surface area contributed by atoms with E-state index < -0.39 is 0 Å². The van der Waals surface area contributed by atoms with Gasteiger partial charge in [0, 0.05) is 10.6 Å². The minimum atomic E-state index is 0.336. The number of aromatic nitrogens is 1. The SMILES string of the molecule is COc1ccc(-c2onc(N)c2-c2cccc(Cl)c2)cc1. The molecule has 0 bridgehead atoms. The van der Waals surface area contributed by atoms with E-state index in [0.717, 1.165) is 22.4 Å². The summed E-state index contributed by atoms with van der Waals surface area (Å²) in [5.41, 5.74) is 8.42. The summed E-state index contributed by atoms with van der Waals surface area (Å²) >= 11 is 6.04. The van der Waals surface area contributed by atoms with Crippen molar-refractivity contribution in [1.82, 2.24) is 5.16 Å². The zero-order valence-electron chi connectivity index (χ0n) is 11.3. The molecule has 0 aliphatic carbocycles. The topological polar surface area (TPSA) is 61.3 Å². The highest BCUT2D eigenvalue weighted by Crippen LogP contribution is 2.37. The molecule has 2 N–H and O–H groups in total. The Labute approximate surface area is 127 Å². The second-order valence-corrected chi connectivity index (χ2v) is 4.95. The molecule has 0 amide bonds. The molecule has 1 aromatic heterocycles. The van der Waals surface area contributed by atoms with Gasteiger partial charge in [-0.15, -0.1) is 0 Å². The summed E-state index contributed by atoms with van der Waals surface area (Å²) in [5.74, 6) is 1.72. The molecule has 3 aromatic rings. The molecule has 0 aliphatic heterocycles. The quantitative estimate of drug-likeness (QED) is 0.785. The van der Waals surface area contributed by atoms with Crippen LogP contribution in [0.5, 0.6) is 5.75 Å². The van der Waals surface area contributed by atoms with Gasteiger partial charge in [-0.3, -0.25) is 0 Å². The standard InChI is InChI=1S/C16H13ClN2O2/c1-20-13-7-5-10(6-8-13)15-14(16(18)19-21-15)11-3-2-4-12(17)9-11/h2-9H,1H3,(H2,18,19). The molecule has 1 heterocycles. The maximum absolute atomic E-state index is 6.04. The Bertz CT molecular complexity index is 766. The van der Waals surface area contributed by atoms with Crippen LogP contribution in [-0.2, 0) is 0 Å². The Morgan fingerprint density at radius 2 is 1.86 bits per heavy atom. The van der Waals surface area contributed by atoms with Crippen LogP contribution in [0.25, 0.3) is 22.5 Å². The number of benzene rings is 2. The lowest BCUT2D eigenvalue weighted by molar-refractivity contribution is 0.414. The minimum absolute atomic E-state index is 0.336. The molecule has 0 aliphatic rings. The highest BCUT2D eigenvalue weighted by Gasteiger charge is 2.17. The van der Waals surface area contributed by atoms with Gasteiger partial charge in [-0.1, -0.05) is 28.9 Å². The molecule has 0 spiro atoms. The number of anilines is 1. The van der Waals surface area contributed by atoms with Crippen molar-refractivity contribution in [2.75, 3.05) is 12.8 Å². The van der Waals surface area contributed by atoms with Gasteiger partial charge >= 0.3 is 0 Å². The van der Waals surface area contributed by atoms with Gasteiger partial charge in [0.15, 0.2) is 11.6 Å². The Hall–Kier alpha value is -2.46. The van der Waals surface area contributed by atoms with E-state index in [0.29, 0.717) is 16.6 Å². The number of hydrogen-bond donors (Lipinski definition) is 1. The van der Waals surface area contributed by atoms with Gasteiger partial charge in [-0.2, -0.15) is 0 Å². The third kappa shape index (κ3) is 2.58. The van der Waals surface area contributed by atoms with Crippen LogP contribution in [-0.4, -0.2) is 12.3 Å². The van der Waals surface area contributed by atoms with Crippen LogP contribution in [0.1, 0.15) is 0 Å². The predicted octanol–water partition coefficient (Wildman–Crippen LogP) is 4.25. The van der Waals surface area contributed by atoms with E-state index in [4.69, 9.17) is 26.6 Å². The second kappa shape index (κ2) is 5.50. The van der Waals surface area contributed by atoms with Gasteiger partial charge in [0.1, 0.15) is 5.75 Å². The average molecular weight is 301 g/mol. The van der Waals surface area contributed by atoms with Gasteiger partial charge < -0.3 is 15.0 Å². The lowest BCUT2D eigenvalue weighted by atomic mass is 10.0. The molecule has 106 valence electrons. The highest BCUT2D eigenvalue weighted by molar-refractivity contribution is 6.30. The smallest absolute Gasteiger partial charge is 0.176 e. The zero-order chi connectivity index (χ0) is 14.8. The monoisotopic (exact) mass is 300 g/mol. The number of halogens is 1. The minimum Gasteiger partial charge on any atom is -0.497 e. The van der Waals surface area contributed by atoms with Crippen LogP contribution in [0.3, 0.4) is 0 Å². The van der Waals surface area contributed by atoms with Crippen molar-refractivity contribution < 1.29 is 9.26 Å². The molecule has 0 saturated carbocycles. The first-order chi connectivity index (χ1) is 10.2. The number of hydrogen-bond acceptors (Lipinski definition) is 4. The Morgan fingerprint density at radius 1 is 1.10 bits per heavy atom. The summed E-state index contributed by atoms with van der Waals surface area (Å²) in [6.45, 7) is 0. The third-order valence-corrected chi connectivity index (χ3v) is 3.42. The maximum Gasteiger partial charge on any atom is 0.176 e. The van der Waals surface area contributed by atoms with Crippen LogP contribution < -0.4 is 10.5 Å². The van der Waals surface area contributed by atoms with Crippen molar-refractivity contribution in [3.63, 3.8) is 0 Å². The number of rotatable bonds is 3. The fourth-order valence-electron chi connectivity index (χ4n) is 2.16. The van der Waals surface area contributed by atoms with Crippen LogP contribution >= 0.6 is 11.6 Å². The molecule has 2 aromatic carbocycles. The molecule has 3 rings (SSSR count). The lowest BCUT2D eigenvalue weighted by Gasteiger charge is -2.04. The van der Waals surface area contributed by atoms with Crippen LogP contribution in [0.15, 0.2) is 53.1 Å². The molecule has 21 heavy (non-hydrogen) atoms. The number of ether oxygens (including phenoxy) is 1. The fraction of sp³-hybridized carbons (Fsp3) is 0.0625. The first kappa shape index (κ1) is 13.5. The third-order valence-electron chi connectivity index (χ3n) is 3.18. The first-order valence-corrected chi connectivity index (χ1v) is 6.72. The van der Waals surface area contributed by atoms with E-state index in [1.54, 1.807) is 7.11 Å². The Morgan fingerprint density at radius 3 is 2.52 bits per heavy atom. The largest absolute Gasteiger partial charge is 0.497 e. The molecule has 4 nitrogen and oxygen atoms in total. The molecule has 0 fully saturated rings. The van der Waals surface area contributed by atoms with E-state index in [1.165, 1.54) is 0 Å². The maximum atomic E-state index is 6.04. The van der Waals surface area contributed by atoms with Crippen LogP contribution in [0.2, 0.25) is 5.02 Å². The van der Waals surface area contributed by atoms with Crippen LogP contribution in [0.4, 0.5) is 5.82 Å². The predicted molar refractivity (Wildman–Crippen MR) is 83.3 cm³/mol. The summed E-state index contributed by atoms with van der Waals surface area (Å²) in [6.07, 6.45) is 0. The molecule has 0 atom stereocenters. The molecular weight excluding hydrogens is 288 g/mol. The molecule has 0 saturated heterocycles. The Kier molecular flexibility index (Phi) is 3.54. The molecule has 5 heteroatoms. The lowest BCUT2D eigenvalue weighted by Crippen LogP contribution is -1.89. The normalized spacial score (nSPS) is 10.6. The van der Waals surface area contributed by atoms with Crippen molar-refractivity contribution in [2.24, 2.45) is 0 Å². The van der Waals surface area contributed by atoms with Gasteiger partial charge in [0.25, 0.3) is 0 Å². The second-order valence-electron chi connectivity index (χ2n) is 4.51. The van der Waals surface area contributed by atoms with Crippen molar-refractivity contribution in [1.29, 1.82) is 0 Å². The molecule has 0 unspecified atom stereocenters. The summed E-state index contributed by atoms with van der Waals surface area (Å²) < 4.78 is 10.5. The molecular formula is C16H13ClN2O2. The van der Waals surface area contributed by atoms with Crippen LogP contribution in [0, 0.1) is 0 Å². The van der Waals surface area contributed by atoms with Gasteiger partial charge in [-0.25, -0.2) is 0 Å². The summed E-state index contributed by atoms with van der Waals surface area (Å²) in [4.78, 5) is 0. The van der Waals surface area contributed by atoms with Gasteiger partial charge in [-0.05, 0) is 42.0 Å². The number of methoxy groups -OCH3 is 1. The Balaban J connectivity index is 2.12. The summed E-state index contributed by atoms with van der Waals surface area (Å²) in [5, 5.41) is 4.50. The van der Waals surface area contributed by atoms with Gasteiger partial charge in [0.2, 0.25) is 0 Å². The first-order valence-electron chi connectivity index (χ1n) is 6.34. The van der Waals surface area contributed by atoms with Crippen molar-refractivity contribution in [2.45, 2.75) is 0 Å².